The molecule has 1 aliphatic carbocycles. The molecule has 0 spiro atoms. The lowest BCUT2D eigenvalue weighted by atomic mass is 9.81. The molecule has 0 radical (unpaired) electrons. The molecule has 114 valence electrons. The number of hydrogen-bond donors (Lipinski definition) is 1. The molecule has 20 heavy (non-hydrogen) atoms. The van der Waals surface area contributed by atoms with Crippen LogP contribution in [-0.4, -0.2) is 25.0 Å². The highest BCUT2D eigenvalue weighted by Crippen LogP contribution is 2.39. The van der Waals surface area contributed by atoms with E-state index in [1.165, 1.54) is 6.26 Å². The van der Waals surface area contributed by atoms with E-state index in [0.29, 0.717) is 12.8 Å². The van der Waals surface area contributed by atoms with Gasteiger partial charge in [0.05, 0.1) is 11.4 Å². The zero-order chi connectivity index (χ0) is 15.1. The van der Waals surface area contributed by atoms with Crippen LogP contribution in [0.3, 0.4) is 0 Å². The van der Waals surface area contributed by atoms with Crippen molar-refractivity contribution in [2.45, 2.75) is 57.8 Å². The summed E-state index contributed by atoms with van der Waals surface area (Å²) in [5.41, 5.74) is 1.83. The average molecular weight is 300 g/mol. The first-order chi connectivity index (χ1) is 9.21. The van der Waals surface area contributed by atoms with Gasteiger partial charge in [0.2, 0.25) is 0 Å². The summed E-state index contributed by atoms with van der Waals surface area (Å²) in [7, 11) is -3.02. The first-order valence-corrected chi connectivity index (χ1v) is 9.10. The van der Waals surface area contributed by atoms with Crippen LogP contribution in [0.15, 0.2) is 4.42 Å². The second-order valence-electron chi connectivity index (χ2n) is 6.08. The Morgan fingerprint density at radius 1 is 1.20 bits per heavy atom. The van der Waals surface area contributed by atoms with Crippen molar-refractivity contribution in [2.24, 2.45) is 5.92 Å². The second-order valence-corrected chi connectivity index (χ2v) is 8.40. The van der Waals surface area contributed by atoms with Gasteiger partial charge in [-0.05, 0) is 51.5 Å². The van der Waals surface area contributed by atoms with Crippen LogP contribution in [0, 0.1) is 26.7 Å². The van der Waals surface area contributed by atoms with E-state index in [1.807, 2.05) is 20.8 Å². The monoisotopic (exact) mass is 300 g/mol. The molecule has 4 nitrogen and oxygen atoms in total. The van der Waals surface area contributed by atoms with Gasteiger partial charge >= 0.3 is 0 Å². The van der Waals surface area contributed by atoms with Gasteiger partial charge < -0.3 is 9.52 Å². The lowest BCUT2D eigenvalue weighted by Crippen LogP contribution is -2.30. The standard InChI is InChI=1S/C15H24O4S/c1-9-10(2)19-11(3)14(9)15(16)12-6-5-7-13(8-12)20(4,17)18/h12-13,15-16H,5-8H2,1-4H3. The Kier molecular flexibility index (Phi) is 4.30. The van der Waals surface area contributed by atoms with Crippen LogP contribution in [0.1, 0.15) is 54.4 Å². The Morgan fingerprint density at radius 3 is 2.35 bits per heavy atom. The highest BCUT2D eigenvalue weighted by Gasteiger charge is 2.34. The minimum Gasteiger partial charge on any atom is -0.466 e. The molecule has 1 aromatic rings. The Labute approximate surface area is 121 Å². The number of aliphatic hydroxyl groups is 1. The third kappa shape index (κ3) is 2.93. The van der Waals surface area contributed by atoms with E-state index in [2.05, 4.69) is 0 Å². The average Bonchev–Trinajstić information content (AvgIpc) is 2.62. The van der Waals surface area contributed by atoms with Gasteiger partial charge in [-0.2, -0.15) is 0 Å². The van der Waals surface area contributed by atoms with Crippen LogP contribution < -0.4 is 0 Å². The maximum absolute atomic E-state index is 11.7. The summed E-state index contributed by atoms with van der Waals surface area (Å²) in [5.74, 6) is 1.57. The fourth-order valence-corrected chi connectivity index (χ4v) is 4.53. The summed E-state index contributed by atoms with van der Waals surface area (Å²) >= 11 is 0. The minimum atomic E-state index is -3.02. The van der Waals surface area contributed by atoms with Gasteiger partial charge in [-0.1, -0.05) is 6.42 Å². The quantitative estimate of drug-likeness (QED) is 0.932. The molecule has 0 aliphatic heterocycles. The fourth-order valence-electron chi connectivity index (χ4n) is 3.34. The van der Waals surface area contributed by atoms with E-state index in [-0.39, 0.29) is 11.2 Å². The predicted octanol–water partition coefficient (Wildman–Crippen LogP) is 2.84. The van der Waals surface area contributed by atoms with Crippen molar-refractivity contribution in [3.8, 4) is 0 Å². The molecule has 0 bridgehead atoms. The molecular formula is C15H24O4S. The number of furan rings is 1. The van der Waals surface area contributed by atoms with Crippen molar-refractivity contribution in [3.05, 3.63) is 22.6 Å². The first kappa shape index (κ1) is 15.6. The van der Waals surface area contributed by atoms with E-state index in [4.69, 9.17) is 4.42 Å². The van der Waals surface area contributed by atoms with E-state index in [9.17, 15) is 13.5 Å². The maximum atomic E-state index is 11.7. The molecule has 0 amide bonds. The van der Waals surface area contributed by atoms with Crippen molar-refractivity contribution in [3.63, 3.8) is 0 Å². The van der Waals surface area contributed by atoms with E-state index in [1.54, 1.807) is 0 Å². The molecule has 0 aromatic carbocycles. The topological polar surface area (TPSA) is 67.5 Å². The van der Waals surface area contributed by atoms with Crippen molar-refractivity contribution in [1.82, 2.24) is 0 Å². The molecule has 1 heterocycles. The van der Waals surface area contributed by atoms with Crippen LogP contribution >= 0.6 is 0 Å². The third-order valence-corrected chi connectivity index (χ3v) is 6.27. The SMILES string of the molecule is Cc1oc(C)c(C(O)C2CCCC(S(C)(=O)=O)C2)c1C. The van der Waals surface area contributed by atoms with Crippen LogP contribution in [0.2, 0.25) is 0 Å². The number of rotatable bonds is 3. The molecule has 1 saturated carbocycles. The largest absolute Gasteiger partial charge is 0.466 e. The third-order valence-electron chi connectivity index (χ3n) is 4.63. The van der Waals surface area contributed by atoms with Crippen molar-refractivity contribution in [1.29, 1.82) is 0 Å². The molecule has 1 aliphatic rings. The highest BCUT2D eigenvalue weighted by atomic mass is 32.2. The first-order valence-electron chi connectivity index (χ1n) is 7.15. The number of hydrogen-bond acceptors (Lipinski definition) is 4. The minimum absolute atomic E-state index is 0.00197. The lowest BCUT2D eigenvalue weighted by Gasteiger charge is -2.31. The Balaban J connectivity index is 2.23. The van der Waals surface area contributed by atoms with Gasteiger partial charge in [0.25, 0.3) is 0 Å². The van der Waals surface area contributed by atoms with Gasteiger partial charge in [-0.3, -0.25) is 0 Å². The summed E-state index contributed by atoms with van der Waals surface area (Å²) in [5, 5.41) is 10.3. The highest BCUT2D eigenvalue weighted by molar-refractivity contribution is 7.91. The Hall–Kier alpha value is -0.810. The van der Waals surface area contributed by atoms with Gasteiger partial charge in [0.1, 0.15) is 21.4 Å². The molecule has 1 N–H and O–H groups in total. The van der Waals surface area contributed by atoms with E-state index < -0.39 is 15.9 Å². The van der Waals surface area contributed by atoms with Gasteiger partial charge in [0.15, 0.2) is 0 Å². The number of sulfone groups is 1. The maximum Gasteiger partial charge on any atom is 0.150 e. The smallest absolute Gasteiger partial charge is 0.150 e. The van der Waals surface area contributed by atoms with Crippen LogP contribution in [0.5, 0.6) is 0 Å². The molecule has 0 saturated heterocycles. The summed E-state index contributed by atoms with van der Waals surface area (Å²) < 4.78 is 29.0. The van der Waals surface area contributed by atoms with Crippen molar-refractivity contribution >= 4 is 9.84 Å². The van der Waals surface area contributed by atoms with E-state index >= 15 is 0 Å². The predicted molar refractivity (Wildman–Crippen MR) is 78.5 cm³/mol. The van der Waals surface area contributed by atoms with Gasteiger partial charge in [-0.25, -0.2) is 8.42 Å². The van der Waals surface area contributed by atoms with E-state index in [0.717, 1.165) is 35.5 Å². The molecule has 1 fully saturated rings. The fraction of sp³-hybridized carbons (Fsp3) is 0.733. The van der Waals surface area contributed by atoms with Crippen molar-refractivity contribution < 1.29 is 17.9 Å². The van der Waals surface area contributed by atoms with Crippen LogP contribution in [0.4, 0.5) is 0 Å². The van der Waals surface area contributed by atoms with Gasteiger partial charge in [0, 0.05) is 11.8 Å². The number of aryl methyl sites for hydroxylation is 2. The normalized spacial score (nSPS) is 25.6. The summed E-state index contributed by atoms with van der Waals surface area (Å²) in [6.45, 7) is 5.69. The second kappa shape index (κ2) is 5.53. The zero-order valence-corrected chi connectivity index (χ0v) is 13.5. The van der Waals surface area contributed by atoms with Crippen LogP contribution in [0.25, 0.3) is 0 Å². The Bertz CT molecular complexity index is 585. The van der Waals surface area contributed by atoms with Gasteiger partial charge in [-0.15, -0.1) is 0 Å². The van der Waals surface area contributed by atoms with Crippen molar-refractivity contribution in [2.75, 3.05) is 6.26 Å². The number of aliphatic hydroxyl groups excluding tert-OH is 1. The summed E-state index contributed by atoms with van der Waals surface area (Å²) in [6, 6.07) is 0. The molecule has 3 atom stereocenters. The molecule has 3 unspecified atom stereocenters. The molecule has 1 aromatic heterocycles. The lowest BCUT2D eigenvalue weighted by molar-refractivity contribution is 0.0839. The molecular weight excluding hydrogens is 276 g/mol. The zero-order valence-electron chi connectivity index (χ0n) is 12.6. The molecule has 5 heteroatoms. The summed E-state index contributed by atoms with van der Waals surface area (Å²) in [4.78, 5) is 0. The summed E-state index contributed by atoms with van der Waals surface area (Å²) in [6.07, 6.45) is 3.65. The Morgan fingerprint density at radius 2 is 1.85 bits per heavy atom. The molecule has 2 rings (SSSR count). The van der Waals surface area contributed by atoms with Crippen LogP contribution in [-0.2, 0) is 9.84 Å².